The van der Waals surface area contributed by atoms with Gasteiger partial charge in [0.25, 0.3) is 0 Å². The van der Waals surface area contributed by atoms with Gasteiger partial charge >= 0.3 is 6.09 Å². The van der Waals surface area contributed by atoms with Gasteiger partial charge in [-0.05, 0) is 64.2 Å². The number of amides is 1. The lowest BCUT2D eigenvalue weighted by Crippen LogP contribution is -2.41. The first kappa shape index (κ1) is 17.3. The highest BCUT2D eigenvalue weighted by atomic mass is 16.6. The van der Waals surface area contributed by atoms with Crippen molar-refractivity contribution in [2.75, 3.05) is 12.8 Å². The molecule has 1 aliphatic rings. The molecule has 0 bridgehead atoms. The van der Waals surface area contributed by atoms with Gasteiger partial charge in [0.2, 0.25) is 0 Å². The molecule has 0 aliphatic heterocycles. The van der Waals surface area contributed by atoms with Gasteiger partial charge in [0, 0.05) is 13.1 Å². The van der Waals surface area contributed by atoms with Crippen LogP contribution in [0, 0.1) is 6.92 Å². The molecule has 2 rings (SSSR count). The topological polar surface area (TPSA) is 68.5 Å². The maximum absolute atomic E-state index is 12.2. The second kappa shape index (κ2) is 6.60. The Bertz CT molecular complexity index is 617. The van der Waals surface area contributed by atoms with Gasteiger partial charge in [0.1, 0.15) is 5.60 Å². The van der Waals surface area contributed by atoms with Crippen LogP contribution in [0.2, 0.25) is 0 Å². The van der Waals surface area contributed by atoms with E-state index in [1.165, 1.54) is 5.57 Å². The van der Waals surface area contributed by atoms with E-state index < -0.39 is 5.60 Å². The van der Waals surface area contributed by atoms with Crippen molar-refractivity contribution in [3.05, 3.63) is 29.6 Å². The zero-order chi connectivity index (χ0) is 17.2. The molecule has 1 aliphatic carbocycles. The van der Waals surface area contributed by atoms with E-state index in [1.54, 1.807) is 11.1 Å². The Balaban J connectivity index is 2.04. The summed E-state index contributed by atoms with van der Waals surface area (Å²) in [6.45, 7) is 7.67. The summed E-state index contributed by atoms with van der Waals surface area (Å²) in [6, 6.07) is 2.12. The van der Waals surface area contributed by atoms with Crippen LogP contribution < -0.4 is 5.73 Å². The lowest BCUT2D eigenvalue weighted by atomic mass is 9.91. The minimum absolute atomic E-state index is 0.169. The number of rotatable bonds is 2. The average Bonchev–Trinajstić information content (AvgIpc) is 2.45. The van der Waals surface area contributed by atoms with Crippen LogP contribution in [0.3, 0.4) is 0 Å². The van der Waals surface area contributed by atoms with Crippen LogP contribution in [0.1, 0.15) is 51.3 Å². The monoisotopic (exact) mass is 317 g/mol. The number of ether oxygens (including phenoxy) is 1. The maximum atomic E-state index is 12.2. The molecule has 1 heterocycles. The minimum atomic E-state index is -0.466. The lowest BCUT2D eigenvalue weighted by Gasteiger charge is -2.32. The zero-order valence-electron chi connectivity index (χ0n) is 14.7. The van der Waals surface area contributed by atoms with Crippen molar-refractivity contribution < 1.29 is 9.53 Å². The molecule has 1 aromatic rings. The van der Waals surface area contributed by atoms with Crippen molar-refractivity contribution in [3.63, 3.8) is 0 Å². The molecule has 5 heteroatoms. The van der Waals surface area contributed by atoms with Gasteiger partial charge in [-0.25, -0.2) is 4.79 Å². The van der Waals surface area contributed by atoms with Crippen LogP contribution in [0.15, 0.2) is 18.3 Å². The number of nitrogens with zero attached hydrogens (tertiary/aromatic N) is 2. The number of nitrogen functional groups attached to an aromatic ring is 1. The standard InChI is InChI=1S/C18H27N3O2/c1-12-10-14(19)11-20-16(12)13-6-8-15(9-7-13)21(5)17(22)23-18(2,3)4/h6,10-11,15H,7-9,19H2,1-5H3. The van der Waals surface area contributed by atoms with E-state index in [9.17, 15) is 4.79 Å². The number of pyridine rings is 1. The molecule has 0 aromatic carbocycles. The summed E-state index contributed by atoms with van der Waals surface area (Å²) in [7, 11) is 1.81. The van der Waals surface area contributed by atoms with Gasteiger partial charge in [0.05, 0.1) is 17.6 Å². The van der Waals surface area contributed by atoms with Crippen LogP contribution in [-0.4, -0.2) is 34.7 Å². The minimum Gasteiger partial charge on any atom is -0.444 e. The van der Waals surface area contributed by atoms with E-state index >= 15 is 0 Å². The van der Waals surface area contributed by atoms with Crippen molar-refractivity contribution in [2.24, 2.45) is 0 Å². The number of anilines is 1. The SMILES string of the molecule is Cc1cc(N)cnc1C1=CCC(N(C)C(=O)OC(C)(C)C)CC1. The molecule has 0 saturated carbocycles. The fourth-order valence-electron chi connectivity index (χ4n) is 2.80. The van der Waals surface area contributed by atoms with Gasteiger partial charge in [0.15, 0.2) is 0 Å². The first-order chi connectivity index (χ1) is 10.7. The van der Waals surface area contributed by atoms with Crippen molar-refractivity contribution >= 4 is 17.4 Å². The molecular weight excluding hydrogens is 290 g/mol. The van der Waals surface area contributed by atoms with E-state index in [-0.39, 0.29) is 12.1 Å². The normalized spacial score (nSPS) is 18.3. The summed E-state index contributed by atoms with van der Waals surface area (Å²) in [6.07, 6.45) is 6.24. The predicted molar refractivity (Wildman–Crippen MR) is 93.0 cm³/mol. The fraction of sp³-hybridized carbons (Fsp3) is 0.556. The number of hydrogen-bond donors (Lipinski definition) is 1. The third-order valence-corrected chi connectivity index (χ3v) is 4.02. The molecule has 126 valence electrons. The molecule has 0 spiro atoms. The summed E-state index contributed by atoms with van der Waals surface area (Å²) >= 11 is 0. The maximum Gasteiger partial charge on any atom is 0.410 e. The molecule has 1 amide bonds. The second-order valence-corrected chi connectivity index (χ2v) is 7.18. The second-order valence-electron chi connectivity index (χ2n) is 7.18. The van der Waals surface area contributed by atoms with Crippen molar-refractivity contribution in [2.45, 2.75) is 58.6 Å². The molecule has 1 atom stereocenters. The number of carbonyl (C=O) groups is 1. The number of allylic oxidation sites excluding steroid dienone is 1. The molecule has 1 unspecified atom stereocenters. The highest BCUT2D eigenvalue weighted by Gasteiger charge is 2.27. The molecule has 5 nitrogen and oxygen atoms in total. The van der Waals surface area contributed by atoms with Crippen LogP contribution in [0.4, 0.5) is 10.5 Å². The Labute approximate surface area is 138 Å². The number of aromatic nitrogens is 1. The van der Waals surface area contributed by atoms with Crippen molar-refractivity contribution in [1.82, 2.24) is 9.88 Å². The fourth-order valence-corrected chi connectivity index (χ4v) is 2.80. The molecule has 23 heavy (non-hydrogen) atoms. The smallest absolute Gasteiger partial charge is 0.410 e. The lowest BCUT2D eigenvalue weighted by molar-refractivity contribution is 0.0215. The van der Waals surface area contributed by atoms with Gasteiger partial charge in [-0.2, -0.15) is 0 Å². The molecule has 2 N–H and O–H groups in total. The summed E-state index contributed by atoms with van der Waals surface area (Å²) in [5, 5.41) is 0. The Morgan fingerprint density at radius 3 is 2.65 bits per heavy atom. The summed E-state index contributed by atoms with van der Waals surface area (Å²) in [4.78, 5) is 18.3. The van der Waals surface area contributed by atoms with Gasteiger partial charge in [-0.1, -0.05) is 6.08 Å². The first-order valence-corrected chi connectivity index (χ1v) is 8.04. The first-order valence-electron chi connectivity index (χ1n) is 8.04. The molecular formula is C18H27N3O2. The number of nitrogens with two attached hydrogens (primary N) is 1. The van der Waals surface area contributed by atoms with E-state index in [0.717, 1.165) is 30.5 Å². The number of carbonyl (C=O) groups excluding carboxylic acids is 1. The summed E-state index contributed by atoms with van der Waals surface area (Å²) in [5.74, 6) is 0. The number of aryl methyl sites for hydroxylation is 1. The van der Waals surface area contributed by atoms with E-state index in [4.69, 9.17) is 10.5 Å². The highest BCUT2D eigenvalue weighted by molar-refractivity contribution is 5.70. The van der Waals surface area contributed by atoms with Crippen LogP contribution >= 0.6 is 0 Å². The van der Waals surface area contributed by atoms with Crippen LogP contribution in [0.5, 0.6) is 0 Å². The van der Waals surface area contributed by atoms with E-state index in [2.05, 4.69) is 11.1 Å². The molecule has 0 saturated heterocycles. The third-order valence-electron chi connectivity index (χ3n) is 4.02. The summed E-state index contributed by atoms with van der Waals surface area (Å²) in [5.41, 5.74) is 9.32. The van der Waals surface area contributed by atoms with Crippen LogP contribution in [0.25, 0.3) is 5.57 Å². The van der Waals surface area contributed by atoms with E-state index in [1.807, 2.05) is 40.8 Å². The average molecular weight is 317 g/mol. The summed E-state index contributed by atoms with van der Waals surface area (Å²) < 4.78 is 5.44. The Hall–Kier alpha value is -2.04. The van der Waals surface area contributed by atoms with Gasteiger partial charge in [-0.3, -0.25) is 4.98 Å². The molecule has 1 aromatic heterocycles. The van der Waals surface area contributed by atoms with Crippen molar-refractivity contribution in [3.8, 4) is 0 Å². The molecule has 0 fully saturated rings. The Morgan fingerprint density at radius 2 is 2.13 bits per heavy atom. The molecule has 0 radical (unpaired) electrons. The van der Waals surface area contributed by atoms with E-state index in [0.29, 0.717) is 5.69 Å². The van der Waals surface area contributed by atoms with Gasteiger partial charge < -0.3 is 15.4 Å². The van der Waals surface area contributed by atoms with Crippen LogP contribution in [-0.2, 0) is 4.74 Å². The highest BCUT2D eigenvalue weighted by Crippen LogP contribution is 2.30. The number of hydrogen-bond acceptors (Lipinski definition) is 4. The third kappa shape index (κ3) is 4.47. The largest absolute Gasteiger partial charge is 0.444 e. The Morgan fingerprint density at radius 1 is 1.43 bits per heavy atom. The Kier molecular flexibility index (Phi) is 4.97. The quantitative estimate of drug-likeness (QED) is 0.901. The zero-order valence-corrected chi connectivity index (χ0v) is 14.7. The van der Waals surface area contributed by atoms with Crippen molar-refractivity contribution in [1.29, 1.82) is 0 Å². The predicted octanol–water partition coefficient (Wildman–Crippen LogP) is 3.78. The van der Waals surface area contributed by atoms with Gasteiger partial charge in [-0.15, -0.1) is 0 Å².